The molecule has 3 aromatic rings. The minimum Gasteiger partial charge on any atom is -0.495 e. The molecular formula is C13H11N3O3. The van der Waals surface area contributed by atoms with Crippen LogP contribution >= 0.6 is 0 Å². The van der Waals surface area contributed by atoms with Gasteiger partial charge in [0.2, 0.25) is 5.82 Å². The lowest BCUT2D eigenvalue weighted by Gasteiger charge is -2.04. The van der Waals surface area contributed by atoms with Gasteiger partial charge in [-0.3, -0.25) is 0 Å². The molecule has 19 heavy (non-hydrogen) atoms. The van der Waals surface area contributed by atoms with Crippen molar-refractivity contribution in [3.05, 3.63) is 36.6 Å². The van der Waals surface area contributed by atoms with Crippen molar-refractivity contribution in [3.63, 3.8) is 0 Å². The van der Waals surface area contributed by atoms with Crippen LogP contribution in [0.3, 0.4) is 0 Å². The monoisotopic (exact) mass is 257 g/mol. The molecule has 6 heteroatoms. The summed E-state index contributed by atoms with van der Waals surface area (Å²) in [6, 6.07) is 8.79. The van der Waals surface area contributed by atoms with Gasteiger partial charge >= 0.3 is 0 Å². The molecule has 6 nitrogen and oxygen atoms in total. The number of nitrogen functional groups attached to an aromatic ring is 1. The smallest absolute Gasteiger partial charge is 0.258 e. The second-order valence-electron chi connectivity index (χ2n) is 3.86. The molecule has 0 bridgehead atoms. The Bertz CT molecular complexity index is 689. The number of rotatable bonds is 3. The van der Waals surface area contributed by atoms with Crippen LogP contribution in [-0.4, -0.2) is 17.3 Å². The van der Waals surface area contributed by atoms with E-state index < -0.39 is 0 Å². The first-order valence-corrected chi connectivity index (χ1v) is 5.59. The number of hydrogen-bond donors (Lipinski definition) is 1. The minimum absolute atomic E-state index is 0.376. The SMILES string of the molecule is COc1ccc(-c2nc(-c3ccco3)no2)cc1N. The molecule has 0 fully saturated rings. The van der Waals surface area contributed by atoms with Crippen molar-refractivity contribution in [2.45, 2.75) is 0 Å². The van der Waals surface area contributed by atoms with E-state index in [1.807, 2.05) is 0 Å². The number of hydrogen-bond acceptors (Lipinski definition) is 6. The largest absolute Gasteiger partial charge is 0.495 e. The lowest BCUT2D eigenvalue weighted by molar-refractivity contribution is 0.416. The fourth-order valence-electron chi connectivity index (χ4n) is 1.71. The summed E-state index contributed by atoms with van der Waals surface area (Å²) in [6.07, 6.45) is 1.55. The zero-order valence-electron chi connectivity index (χ0n) is 10.2. The van der Waals surface area contributed by atoms with Crippen molar-refractivity contribution in [2.24, 2.45) is 0 Å². The average Bonchev–Trinajstić information content (AvgIpc) is 3.09. The van der Waals surface area contributed by atoms with Crippen LogP contribution in [0, 0.1) is 0 Å². The second-order valence-corrected chi connectivity index (χ2v) is 3.86. The van der Waals surface area contributed by atoms with Gasteiger partial charge in [-0.15, -0.1) is 0 Å². The van der Waals surface area contributed by atoms with Crippen LogP contribution in [0.2, 0.25) is 0 Å². The van der Waals surface area contributed by atoms with Crippen LogP contribution in [-0.2, 0) is 0 Å². The number of aromatic nitrogens is 2. The molecule has 0 aliphatic carbocycles. The molecule has 0 saturated carbocycles. The van der Waals surface area contributed by atoms with Gasteiger partial charge in [0.15, 0.2) is 5.76 Å². The Morgan fingerprint density at radius 2 is 2.16 bits per heavy atom. The third-order valence-electron chi connectivity index (χ3n) is 2.64. The third kappa shape index (κ3) is 2.03. The first-order valence-electron chi connectivity index (χ1n) is 5.59. The first-order chi connectivity index (χ1) is 9.28. The Kier molecular flexibility index (Phi) is 2.68. The van der Waals surface area contributed by atoms with Crippen molar-refractivity contribution in [1.29, 1.82) is 0 Å². The second kappa shape index (κ2) is 4.49. The highest BCUT2D eigenvalue weighted by atomic mass is 16.5. The summed E-state index contributed by atoms with van der Waals surface area (Å²) in [6.45, 7) is 0. The van der Waals surface area contributed by atoms with E-state index in [1.165, 1.54) is 0 Å². The zero-order chi connectivity index (χ0) is 13.2. The average molecular weight is 257 g/mol. The van der Waals surface area contributed by atoms with Crippen LogP contribution in [0.4, 0.5) is 5.69 Å². The van der Waals surface area contributed by atoms with Gasteiger partial charge < -0.3 is 19.4 Å². The Labute approximate surface area is 108 Å². The lowest BCUT2D eigenvalue weighted by atomic mass is 10.2. The summed E-state index contributed by atoms with van der Waals surface area (Å²) in [4.78, 5) is 4.25. The standard InChI is InChI=1S/C13H11N3O3/c1-17-10-5-4-8(7-9(10)14)13-15-12(16-19-13)11-3-2-6-18-11/h2-7H,14H2,1H3. The fraction of sp³-hybridized carbons (Fsp3) is 0.0769. The molecule has 0 unspecified atom stereocenters. The fourth-order valence-corrected chi connectivity index (χ4v) is 1.71. The number of nitrogens with two attached hydrogens (primary N) is 1. The van der Waals surface area contributed by atoms with Gasteiger partial charge in [0.05, 0.1) is 19.1 Å². The molecule has 2 N–H and O–H groups in total. The molecule has 0 atom stereocenters. The van der Waals surface area contributed by atoms with Gasteiger partial charge in [-0.25, -0.2) is 0 Å². The quantitative estimate of drug-likeness (QED) is 0.725. The molecule has 1 aromatic carbocycles. The highest BCUT2D eigenvalue weighted by Gasteiger charge is 2.13. The van der Waals surface area contributed by atoms with Gasteiger partial charge in [0, 0.05) is 5.56 Å². The van der Waals surface area contributed by atoms with E-state index in [0.717, 1.165) is 5.56 Å². The molecule has 3 rings (SSSR count). The number of nitrogens with zero attached hydrogens (tertiary/aromatic N) is 2. The highest BCUT2D eigenvalue weighted by molar-refractivity contribution is 5.66. The van der Waals surface area contributed by atoms with Gasteiger partial charge in [-0.1, -0.05) is 5.16 Å². The number of furan rings is 1. The van der Waals surface area contributed by atoms with Crippen molar-refractivity contribution >= 4 is 5.69 Å². The summed E-state index contributed by atoms with van der Waals surface area (Å²) >= 11 is 0. The minimum atomic E-state index is 0.376. The molecule has 2 heterocycles. The van der Waals surface area contributed by atoms with Crippen LogP contribution in [0.25, 0.3) is 23.0 Å². The van der Waals surface area contributed by atoms with E-state index in [0.29, 0.717) is 28.9 Å². The summed E-state index contributed by atoms with van der Waals surface area (Å²) < 4.78 is 15.5. The van der Waals surface area contributed by atoms with Crippen LogP contribution in [0.15, 0.2) is 45.5 Å². The third-order valence-corrected chi connectivity index (χ3v) is 2.64. The van der Waals surface area contributed by atoms with Crippen molar-refractivity contribution in [1.82, 2.24) is 10.1 Å². The molecular weight excluding hydrogens is 246 g/mol. The summed E-state index contributed by atoms with van der Waals surface area (Å²) in [5.41, 5.74) is 7.07. The molecule has 0 spiro atoms. The van der Waals surface area contributed by atoms with Crippen molar-refractivity contribution in [2.75, 3.05) is 12.8 Å². The van der Waals surface area contributed by atoms with Gasteiger partial charge in [-0.05, 0) is 30.3 Å². The number of methoxy groups -OCH3 is 1. The molecule has 0 aliphatic heterocycles. The Hall–Kier alpha value is -2.76. The van der Waals surface area contributed by atoms with Crippen molar-refractivity contribution < 1.29 is 13.7 Å². The molecule has 0 saturated heterocycles. The van der Waals surface area contributed by atoms with E-state index in [-0.39, 0.29) is 0 Å². The number of benzene rings is 1. The van der Waals surface area contributed by atoms with E-state index in [4.69, 9.17) is 19.4 Å². The zero-order valence-corrected chi connectivity index (χ0v) is 10.2. The maximum atomic E-state index is 5.84. The normalized spacial score (nSPS) is 10.6. The van der Waals surface area contributed by atoms with Gasteiger partial charge in [-0.2, -0.15) is 4.98 Å². The Morgan fingerprint density at radius 1 is 1.26 bits per heavy atom. The maximum Gasteiger partial charge on any atom is 0.258 e. The van der Waals surface area contributed by atoms with Gasteiger partial charge in [0.1, 0.15) is 5.75 Å². The Morgan fingerprint density at radius 3 is 2.84 bits per heavy atom. The van der Waals surface area contributed by atoms with E-state index >= 15 is 0 Å². The Balaban J connectivity index is 1.97. The van der Waals surface area contributed by atoms with Crippen molar-refractivity contribution in [3.8, 4) is 28.8 Å². The summed E-state index contributed by atoms with van der Waals surface area (Å²) in [7, 11) is 1.56. The van der Waals surface area contributed by atoms with Gasteiger partial charge in [0.25, 0.3) is 5.89 Å². The van der Waals surface area contributed by atoms with Crippen LogP contribution in [0.1, 0.15) is 0 Å². The number of ether oxygens (including phenoxy) is 1. The summed E-state index contributed by atoms with van der Waals surface area (Å²) in [5.74, 6) is 1.93. The predicted molar refractivity (Wildman–Crippen MR) is 68.4 cm³/mol. The van der Waals surface area contributed by atoms with Crippen LogP contribution < -0.4 is 10.5 Å². The van der Waals surface area contributed by atoms with Crippen LogP contribution in [0.5, 0.6) is 5.75 Å². The lowest BCUT2D eigenvalue weighted by Crippen LogP contribution is -1.92. The predicted octanol–water partition coefficient (Wildman–Crippen LogP) is 2.59. The molecule has 96 valence electrons. The number of anilines is 1. The maximum absolute atomic E-state index is 5.84. The molecule has 0 amide bonds. The molecule has 0 aliphatic rings. The van der Waals surface area contributed by atoms with E-state index in [9.17, 15) is 0 Å². The summed E-state index contributed by atoms with van der Waals surface area (Å²) in [5, 5.41) is 3.86. The topological polar surface area (TPSA) is 87.3 Å². The first kappa shape index (κ1) is 11.3. The van der Waals surface area contributed by atoms with E-state index in [2.05, 4.69) is 10.1 Å². The van der Waals surface area contributed by atoms with E-state index in [1.54, 1.807) is 43.7 Å². The molecule has 0 radical (unpaired) electrons. The highest BCUT2D eigenvalue weighted by Crippen LogP contribution is 2.28. The molecule has 2 aromatic heterocycles.